The van der Waals surface area contributed by atoms with E-state index in [2.05, 4.69) is 25.7 Å². The van der Waals surface area contributed by atoms with Crippen LogP contribution in [0.3, 0.4) is 0 Å². The molecule has 26 heavy (non-hydrogen) atoms. The zero-order chi connectivity index (χ0) is 18.6. The van der Waals surface area contributed by atoms with E-state index in [1.807, 2.05) is 0 Å². The molecule has 1 aliphatic heterocycles. The Bertz CT molecular complexity index is 739. The van der Waals surface area contributed by atoms with Gasteiger partial charge in [-0.3, -0.25) is 4.79 Å². The second-order valence-electron chi connectivity index (χ2n) is 5.95. The SMILES string of the molecule is O=C(Nc1ccc(OCC(F)(F)F)cc1)c1cn(C2CCNCC2)nn1. The maximum absolute atomic E-state index is 12.2. The summed E-state index contributed by atoms with van der Waals surface area (Å²) in [4.78, 5) is 12.2. The molecule has 1 fully saturated rings. The molecule has 0 atom stereocenters. The minimum absolute atomic E-state index is 0.0668. The largest absolute Gasteiger partial charge is 0.484 e. The highest BCUT2D eigenvalue weighted by atomic mass is 19.4. The third-order valence-electron chi connectivity index (χ3n) is 3.94. The van der Waals surface area contributed by atoms with Gasteiger partial charge in [0.2, 0.25) is 0 Å². The highest BCUT2D eigenvalue weighted by molar-refractivity contribution is 6.02. The van der Waals surface area contributed by atoms with Crippen LogP contribution in [0, 0.1) is 0 Å². The number of halogens is 3. The van der Waals surface area contributed by atoms with Gasteiger partial charge in [0.1, 0.15) is 5.75 Å². The smallest absolute Gasteiger partial charge is 0.422 e. The van der Waals surface area contributed by atoms with Gasteiger partial charge in [0.25, 0.3) is 5.91 Å². The van der Waals surface area contributed by atoms with Crippen molar-refractivity contribution < 1.29 is 22.7 Å². The van der Waals surface area contributed by atoms with Crippen molar-refractivity contribution in [1.29, 1.82) is 0 Å². The molecule has 1 aromatic heterocycles. The molecule has 1 aliphatic rings. The van der Waals surface area contributed by atoms with E-state index in [-0.39, 0.29) is 17.5 Å². The van der Waals surface area contributed by atoms with Crippen molar-refractivity contribution in [1.82, 2.24) is 20.3 Å². The van der Waals surface area contributed by atoms with E-state index in [1.54, 1.807) is 10.9 Å². The van der Waals surface area contributed by atoms with Crippen molar-refractivity contribution in [3.05, 3.63) is 36.2 Å². The van der Waals surface area contributed by atoms with Crippen molar-refractivity contribution in [3.63, 3.8) is 0 Å². The summed E-state index contributed by atoms with van der Waals surface area (Å²) in [6.07, 6.45) is -0.952. The van der Waals surface area contributed by atoms with Crippen molar-refractivity contribution in [2.24, 2.45) is 0 Å². The molecule has 0 aliphatic carbocycles. The number of alkyl halides is 3. The number of benzene rings is 1. The molecule has 2 heterocycles. The predicted molar refractivity (Wildman–Crippen MR) is 87.1 cm³/mol. The number of ether oxygens (including phenoxy) is 1. The van der Waals surface area contributed by atoms with E-state index in [1.165, 1.54) is 24.3 Å². The lowest BCUT2D eigenvalue weighted by molar-refractivity contribution is -0.153. The molecule has 7 nitrogen and oxygen atoms in total. The highest BCUT2D eigenvalue weighted by Crippen LogP contribution is 2.21. The average molecular weight is 369 g/mol. The lowest BCUT2D eigenvalue weighted by Crippen LogP contribution is -2.29. The number of piperidine rings is 1. The highest BCUT2D eigenvalue weighted by Gasteiger charge is 2.28. The first-order valence-electron chi connectivity index (χ1n) is 8.14. The minimum atomic E-state index is -4.40. The van der Waals surface area contributed by atoms with E-state index >= 15 is 0 Å². The second-order valence-corrected chi connectivity index (χ2v) is 5.95. The Kier molecular flexibility index (Phi) is 5.40. The molecule has 1 saturated heterocycles. The Labute approximate surface area is 147 Å². The fraction of sp³-hybridized carbons (Fsp3) is 0.438. The molecular formula is C16H18F3N5O2. The molecule has 0 spiro atoms. The van der Waals surface area contributed by atoms with Crippen LogP contribution in [0.25, 0.3) is 0 Å². The molecule has 2 aromatic rings. The Hall–Kier alpha value is -2.62. The molecule has 0 saturated carbocycles. The van der Waals surface area contributed by atoms with E-state index in [9.17, 15) is 18.0 Å². The summed E-state index contributed by atoms with van der Waals surface area (Å²) < 4.78 is 42.7. The summed E-state index contributed by atoms with van der Waals surface area (Å²) in [5, 5.41) is 13.8. The number of anilines is 1. The average Bonchev–Trinajstić information content (AvgIpc) is 3.11. The predicted octanol–water partition coefficient (Wildman–Crippen LogP) is 2.40. The second kappa shape index (κ2) is 7.73. The lowest BCUT2D eigenvalue weighted by Gasteiger charge is -2.22. The van der Waals surface area contributed by atoms with Gasteiger partial charge in [0, 0.05) is 5.69 Å². The fourth-order valence-electron chi connectivity index (χ4n) is 2.63. The Morgan fingerprint density at radius 1 is 1.27 bits per heavy atom. The van der Waals surface area contributed by atoms with Crippen LogP contribution in [0.15, 0.2) is 30.5 Å². The molecule has 140 valence electrons. The third-order valence-corrected chi connectivity index (χ3v) is 3.94. The Balaban J connectivity index is 1.57. The van der Waals surface area contributed by atoms with E-state index in [4.69, 9.17) is 0 Å². The Morgan fingerprint density at radius 3 is 2.62 bits per heavy atom. The molecule has 1 amide bonds. The van der Waals surface area contributed by atoms with Gasteiger partial charge < -0.3 is 15.4 Å². The number of nitrogens with zero attached hydrogens (tertiary/aromatic N) is 3. The number of rotatable bonds is 5. The monoisotopic (exact) mass is 369 g/mol. The summed E-state index contributed by atoms with van der Waals surface area (Å²) in [6, 6.07) is 5.85. The molecule has 0 unspecified atom stereocenters. The van der Waals surface area contributed by atoms with Gasteiger partial charge in [0.15, 0.2) is 12.3 Å². The maximum atomic E-state index is 12.2. The van der Waals surface area contributed by atoms with Gasteiger partial charge in [-0.05, 0) is 50.2 Å². The van der Waals surface area contributed by atoms with Crippen LogP contribution in [0.4, 0.5) is 18.9 Å². The van der Waals surface area contributed by atoms with Gasteiger partial charge >= 0.3 is 6.18 Å². The minimum Gasteiger partial charge on any atom is -0.484 e. The summed E-state index contributed by atoms with van der Waals surface area (Å²) in [5.74, 6) is -0.369. The fourth-order valence-corrected chi connectivity index (χ4v) is 2.63. The quantitative estimate of drug-likeness (QED) is 0.846. The number of hydrogen-bond donors (Lipinski definition) is 2. The van der Waals surface area contributed by atoms with Crippen molar-refractivity contribution >= 4 is 11.6 Å². The zero-order valence-corrected chi connectivity index (χ0v) is 13.8. The molecule has 2 N–H and O–H groups in total. The molecule has 0 radical (unpaired) electrons. The van der Waals surface area contributed by atoms with Gasteiger partial charge in [-0.15, -0.1) is 5.10 Å². The summed E-state index contributed by atoms with van der Waals surface area (Å²) in [6.45, 7) is 0.433. The maximum Gasteiger partial charge on any atom is 0.422 e. The molecule has 10 heteroatoms. The number of nitrogens with one attached hydrogen (secondary N) is 2. The molecule has 1 aromatic carbocycles. The number of aromatic nitrogens is 3. The van der Waals surface area contributed by atoms with Gasteiger partial charge in [0.05, 0.1) is 12.2 Å². The van der Waals surface area contributed by atoms with E-state index in [0.29, 0.717) is 5.69 Å². The molecule has 0 bridgehead atoms. The first kappa shape index (κ1) is 18.2. The van der Waals surface area contributed by atoms with Crippen molar-refractivity contribution in [3.8, 4) is 5.75 Å². The first-order valence-corrected chi connectivity index (χ1v) is 8.14. The number of amides is 1. The number of carbonyl (C=O) groups excluding carboxylic acids is 1. The lowest BCUT2D eigenvalue weighted by atomic mass is 10.1. The van der Waals surface area contributed by atoms with Crippen molar-refractivity contribution in [2.75, 3.05) is 25.0 Å². The standard InChI is InChI=1S/C16H18F3N5O2/c17-16(18,19)10-26-13-3-1-11(2-4-13)21-15(25)14-9-24(23-22-14)12-5-7-20-8-6-12/h1-4,9,12,20H,5-8,10H2,(H,21,25). The summed E-state index contributed by atoms with van der Waals surface area (Å²) >= 11 is 0. The molecule has 3 rings (SSSR count). The third kappa shape index (κ3) is 4.94. The number of carbonyl (C=O) groups is 1. The van der Waals surface area contributed by atoms with Crippen LogP contribution in [-0.4, -0.2) is 46.8 Å². The zero-order valence-electron chi connectivity index (χ0n) is 13.8. The Morgan fingerprint density at radius 2 is 1.96 bits per heavy atom. The van der Waals surface area contributed by atoms with Crippen molar-refractivity contribution in [2.45, 2.75) is 25.1 Å². The van der Waals surface area contributed by atoms with Gasteiger partial charge in [-0.25, -0.2) is 4.68 Å². The first-order chi connectivity index (χ1) is 12.4. The van der Waals surface area contributed by atoms with E-state index < -0.39 is 18.7 Å². The van der Waals surface area contributed by atoms with E-state index in [0.717, 1.165) is 25.9 Å². The van der Waals surface area contributed by atoms with Gasteiger partial charge in [-0.2, -0.15) is 13.2 Å². The summed E-state index contributed by atoms with van der Waals surface area (Å²) in [5.41, 5.74) is 0.603. The summed E-state index contributed by atoms with van der Waals surface area (Å²) in [7, 11) is 0. The van der Waals surface area contributed by atoms with Crippen LogP contribution < -0.4 is 15.4 Å². The van der Waals surface area contributed by atoms with Crippen LogP contribution in [0.5, 0.6) is 5.75 Å². The number of hydrogen-bond acceptors (Lipinski definition) is 5. The van der Waals surface area contributed by atoms with Crippen LogP contribution >= 0.6 is 0 Å². The molecular weight excluding hydrogens is 351 g/mol. The van der Waals surface area contributed by atoms with Crippen LogP contribution in [-0.2, 0) is 0 Å². The normalized spacial score (nSPS) is 15.7. The van der Waals surface area contributed by atoms with Gasteiger partial charge in [-0.1, -0.05) is 5.21 Å². The topological polar surface area (TPSA) is 81.1 Å². The van der Waals surface area contributed by atoms with Crippen LogP contribution in [0.1, 0.15) is 29.4 Å². The van der Waals surface area contributed by atoms with Crippen LogP contribution in [0.2, 0.25) is 0 Å².